The molecule has 9 heteroatoms. The van der Waals surface area contributed by atoms with Crippen LogP contribution in [0.2, 0.25) is 118 Å². The van der Waals surface area contributed by atoms with Gasteiger partial charge in [0.2, 0.25) is 0 Å². The molecular weight excluding hydrogens is 586 g/mol. The molecule has 1 aliphatic heterocycles. The van der Waals surface area contributed by atoms with E-state index in [4.69, 9.17) is 0 Å². The van der Waals surface area contributed by atoms with Gasteiger partial charge in [0.25, 0.3) is 0 Å². The van der Waals surface area contributed by atoms with Gasteiger partial charge in [-0.2, -0.15) is 0 Å². The third-order valence-corrected chi connectivity index (χ3v) is 126. The zero-order valence-electron chi connectivity index (χ0n) is 26.9. The second-order valence-corrected chi connectivity index (χ2v) is 92.6. The first-order chi connectivity index (χ1) is 14.1. The van der Waals surface area contributed by atoms with Crippen molar-refractivity contribution >= 4 is 75.7 Å². The predicted octanol–water partition coefficient (Wildman–Crippen LogP) is 9.20. The molecule has 4 radical (unpaired) electrons. The molecule has 1 heterocycles. The first-order valence-corrected chi connectivity index (χ1v) is 45.5. The van der Waals surface area contributed by atoms with Crippen molar-refractivity contribution in [1.82, 2.24) is 0 Å². The van der Waals surface area contributed by atoms with Gasteiger partial charge in [0.05, 0.1) is 0 Å². The molecule has 0 N–H and O–H groups in total. The molecule has 0 aromatic heterocycles. The largest absolute Gasteiger partial charge is 0.0721 e. The van der Waals surface area contributed by atoms with E-state index in [9.17, 15) is 0 Å². The van der Waals surface area contributed by atoms with Crippen LogP contribution in [-0.2, 0) is 0 Å². The topological polar surface area (TPSA) is 0 Å². The van der Waals surface area contributed by atoms with Crippen LogP contribution >= 0.6 is 0 Å². The van der Waals surface area contributed by atoms with Crippen LogP contribution in [0.4, 0.5) is 0 Å². The van der Waals surface area contributed by atoms with Crippen LogP contribution in [0.1, 0.15) is 26.7 Å². The fourth-order valence-electron chi connectivity index (χ4n) is 7.50. The molecule has 0 saturated carbocycles. The van der Waals surface area contributed by atoms with Gasteiger partial charge in [-0.15, -0.1) is 0 Å². The molecule has 0 unspecified atom stereocenters. The van der Waals surface area contributed by atoms with Crippen molar-refractivity contribution in [3.8, 4) is 0 Å². The van der Waals surface area contributed by atoms with Crippen LogP contribution in [0.3, 0.4) is 0 Å². The summed E-state index contributed by atoms with van der Waals surface area (Å²) in [4.78, 5) is 0. The molecule has 1 rings (SSSR count). The van der Waals surface area contributed by atoms with Gasteiger partial charge in [0, 0.05) is 60.2 Å². The Labute approximate surface area is 227 Å². The normalized spacial score (nSPS) is 15.8. The van der Waals surface area contributed by atoms with Crippen LogP contribution in [0.15, 0.2) is 8.81 Å². The molecule has 33 heavy (non-hydrogen) atoms. The third kappa shape index (κ3) is 15.1. The van der Waals surface area contributed by atoms with Gasteiger partial charge in [-0.05, 0) is 0 Å². The minimum Gasteiger partial charge on any atom is -0.0721 e. The number of allylic oxidation sites excluding steroid dienone is 2. The fourth-order valence-corrected chi connectivity index (χ4v) is 185. The van der Waals surface area contributed by atoms with Crippen LogP contribution in [-0.4, -0.2) is 75.7 Å². The smallest absolute Gasteiger partial charge is 0.0306 e. The van der Waals surface area contributed by atoms with E-state index in [2.05, 4.69) is 132 Å². The van der Waals surface area contributed by atoms with Gasteiger partial charge in [-0.25, -0.2) is 0 Å². The Morgan fingerprint density at radius 3 is 0.576 bits per heavy atom. The molecule has 0 spiro atoms. The molecule has 0 amide bonds. The molecule has 0 aromatic carbocycles. The monoisotopic (exact) mass is 650 g/mol. The van der Waals surface area contributed by atoms with Crippen molar-refractivity contribution in [2.24, 2.45) is 0 Å². The summed E-state index contributed by atoms with van der Waals surface area (Å²) in [5.41, 5.74) is 0. The van der Waals surface area contributed by atoms with Crippen LogP contribution in [0, 0.1) is 0 Å². The standard InChI is InChI=1S/2C9H27Si4.C6H10Ge/c2*1-11(2,3)10(12(4,5)6)13(7,8)9;1-3-5-6(4-2)7-5/h2*1-9H3;3-4H2,1-2H3. The summed E-state index contributed by atoms with van der Waals surface area (Å²) in [7, 11) is -4.94. The van der Waals surface area contributed by atoms with Crippen molar-refractivity contribution in [3.63, 3.8) is 0 Å². The fraction of sp³-hybridized carbons (Fsp3) is 0.917. The average molecular weight is 650 g/mol. The van der Waals surface area contributed by atoms with Gasteiger partial charge in [-0.1, -0.05) is 118 Å². The van der Waals surface area contributed by atoms with E-state index < -0.39 is 45.5 Å². The summed E-state index contributed by atoms with van der Waals surface area (Å²) in [6.45, 7) is 51.5. The molecule has 0 bridgehead atoms. The molecule has 0 saturated heterocycles. The van der Waals surface area contributed by atoms with Crippen LogP contribution in [0.25, 0.3) is 0 Å². The number of rotatable bonds is 8. The maximum absolute atomic E-state index is 2.61. The minimum atomic E-state index is -0.832. The van der Waals surface area contributed by atoms with Crippen molar-refractivity contribution in [1.29, 1.82) is 0 Å². The van der Waals surface area contributed by atoms with Gasteiger partial charge >= 0.3 is 50.9 Å². The second-order valence-electron chi connectivity index (χ2n) is 16.0. The van der Waals surface area contributed by atoms with E-state index in [-0.39, 0.29) is 14.7 Å². The minimum absolute atomic E-state index is 0.0255. The zero-order chi connectivity index (χ0) is 27.4. The Balaban J connectivity index is 0. The molecule has 0 aliphatic carbocycles. The molecule has 1 aliphatic rings. The summed E-state index contributed by atoms with van der Waals surface area (Å²) in [6.07, 6.45) is 2.70. The second kappa shape index (κ2) is 13.2. The Kier molecular flexibility index (Phi) is 14.9. The van der Waals surface area contributed by atoms with Crippen LogP contribution < -0.4 is 0 Å². The maximum atomic E-state index is 2.61. The number of hydrogen-bond donors (Lipinski definition) is 0. The van der Waals surface area contributed by atoms with E-state index in [1.54, 1.807) is 0 Å². The van der Waals surface area contributed by atoms with Crippen molar-refractivity contribution in [2.45, 2.75) is 145 Å². The Morgan fingerprint density at radius 1 is 0.394 bits per heavy atom. The molecular formula is C24H64GeSi8. The summed E-state index contributed by atoms with van der Waals surface area (Å²) in [5, 5.41) is 0. The SMILES string of the molecule is CC[C]1=[C](CC)[Ge]1.C[Si](C)(C)[Si]([Si](C)(C)C)[Si](C)(C)C.C[Si](C)(C)[Si]([Si](C)(C)C)[Si](C)(C)C. The molecule has 0 nitrogen and oxygen atoms in total. The van der Waals surface area contributed by atoms with Gasteiger partial charge in [0.1, 0.15) is 0 Å². The van der Waals surface area contributed by atoms with Gasteiger partial charge < -0.3 is 0 Å². The van der Waals surface area contributed by atoms with Crippen molar-refractivity contribution in [2.75, 3.05) is 0 Å². The molecule has 0 aromatic rings. The first kappa shape index (κ1) is 37.2. The van der Waals surface area contributed by atoms with Crippen LogP contribution in [0.5, 0.6) is 0 Å². The quantitative estimate of drug-likeness (QED) is 0.230. The average Bonchev–Trinajstić information content (AvgIpc) is 3.16. The number of hydrogen-bond acceptors (Lipinski definition) is 0. The third-order valence-electron chi connectivity index (χ3n) is 5.81. The first-order valence-electron chi connectivity index (χ1n) is 13.4. The predicted molar refractivity (Wildman–Crippen MR) is 185 cm³/mol. The van der Waals surface area contributed by atoms with E-state index in [1.165, 1.54) is 12.8 Å². The summed E-state index contributed by atoms with van der Waals surface area (Å²) in [6, 6.07) is 0. The van der Waals surface area contributed by atoms with E-state index in [1.807, 2.05) is 8.81 Å². The molecule has 0 atom stereocenters. The van der Waals surface area contributed by atoms with E-state index in [0.29, 0.717) is 15.4 Å². The van der Waals surface area contributed by atoms with E-state index >= 15 is 0 Å². The Morgan fingerprint density at radius 2 is 0.545 bits per heavy atom. The van der Waals surface area contributed by atoms with Gasteiger partial charge in [0.15, 0.2) is 0 Å². The Bertz CT molecular complexity index is 497. The maximum Gasteiger partial charge on any atom is 0.0306 e. The Hall–Kier alpha value is 2.02. The van der Waals surface area contributed by atoms with Gasteiger partial charge in [-0.3, -0.25) is 0 Å². The molecule has 0 fully saturated rings. The van der Waals surface area contributed by atoms with Crippen molar-refractivity contribution < 1.29 is 0 Å². The summed E-state index contributed by atoms with van der Waals surface area (Å²) >= 11 is 0.431. The molecule has 196 valence electrons. The summed E-state index contributed by atoms with van der Waals surface area (Å²) < 4.78 is 3.67. The zero-order valence-corrected chi connectivity index (χ0v) is 37.0. The van der Waals surface area contributed by atoms with Crippen molar-refractivity contribution in [3.05, 3.63) is 8.81 Å². The summed E-state index contributed by atoms with van der Waals surface area (Å²) in [5.74, 6) is 0. The van der Waals surface area contributed by atoms with E-state index in [0.717, 1.165) is 0 Å².